The highest BCUT2D eigenvalue weighted by molar-refractivity contribution is 5.36. The predicted octanol–water partition coefficient (Wildman–Crippen LogP) is 3.62. The number of fused-ring (bicyclic) bond motifs is 1. The van der Waals surface area contributed by atoms with Gasteiger partial charge in [-0.25, -0.2) is 0 Å². The number of para-hydroxylation sites is 1. The zero-order valence-electron chi connectivity index (χ0n) is 12.5. The van der Waals surface area contributed by atoms with Gasteiger partial charge in [-0.2, -0.15) is 0 Å². The first-order valence-electron chi connectivity index (χ1n) is 7.34. The van der Waals surface area contributed by atoms with E-state index in [0.29, 0.717) is 13.2 Å². The Bertz CT molecular complexity index is 612. The van der Waals surface area contributed by atoms with E-state index in [1.54, 1.807) is 7.11 Å². The first kappa shape index (κ1) is 14.1. The summed E-state index contributed by atoms with van der Waals surface area (Å²) in [5.74, 6) is 0.919. The molecule has 3 heteroatoms. The predicted molar refractivity (Wildman–Crippen MR) is 83.4 cm³/mol. The van der Waals surface area contributed by atoms with Crippen LogP contribution in [0.15, 0.2) is 48.5 Å². The van der Waals surface area contributed by atoms with Gasteiger partial charge in [0, 0.05) is 11.6 Å². The Morgan fingerprint density at radius 3 is 2.76 bits per heavy atom. The van der Waals surface area contributed by atoms with Crippen LogP contribution in [0.1, 0.15) is 35.7 Å². The van der Waals surface area contributed by atoms with E-state index in [1.165, 1.54) is 16.7 Å². The largest absolute Gasteiger partial charge is 0.496 e. The van der Waals surface area contributed by atoms with Crippen LogP contribution in [0.5, 0.6) is 5.75 Å². The highest BCUT2D eigenvalue weighted by Gasteiger charge is 2.23. The molecular weight excluding hydrogens is 262 g/mol. The van der Waals surface area contributed by atoms with Crippen LogP contribution in [0.2, 0.25) is 0 Å². The average molecular weight is 283 g/mol. The Kier molecular flexibility index (Phi) is 4.23. The van der Waals surface area contributed by atoms with E-state index in [1.807, 2.05) is 18.2 Å². The standard InChI is InChI=1S/C18H21NO2/c1-13(15-8-5-6-10-18(15)20-2)19-17-12-21-11-14-7-3-4-9-16(14)17/h3-10,13,17,19H,11-12H2,1-2H3/t13-,17?/m1/s1. The molecule has 1 aliphatic heterocycles. The van der Waals surface area contributed by atoms with Crippen molar-refractivity contribution in [3.63, 3.8) is 0 Å². The minimum Gasteiger partial charge on any atom is -0.496 e. The average Bonchev–Trinajstić information content (AvgIpc) is 2.55. The summed E-state index contributed by atoms with van der Waals surface area (Å²) in [4.78, 5) is 0. The molecule has 1 aliphatic rings. The van der Waals surface area contributed by atoms with Gasteiger partial charge < -0.3 is 14.8 Å². The van der Waals surface area contributed by atoms with E-state index in [-0.39, 0.29) is 12.1 Å². The van der Waals surface area contributed by atoms with Crippen LogP contribution in [0.25, 0.3) is 0 Å². The maximum atomic E-state index is 5.71. The molecule has 1 N–H and O–H groups in total. The molecule has 1 unspecified atom stereocenters. The molecule has 3 rings (SSSR count). The summed E-state index contributed by atoms with van der Waals surface area (Å²) in [6, 6.07) is 17.0. The van der Waals surface area contributed by atoms with Crippen molar-refractivity contribution in [3.8, 4) is 5.75 Å². The van der Waals surface area contributed by atoms with Crippen molar-refractivity contribution in [2.45, 2.75) is 25.6 Å². The van der Waals surface area contributed by atoms with Crippen LogP contribution in [0, 0.1) is 0 Å². The monoisotopic (exact) mass is 283 g/mol. The fourth-order valence-corrected chi connectivity index (χ4v) is 2.94. The molecule has 0 spiro atoms. The summed E-state index contributed by atoms with van der Waals surface area (Å²) in [6.07, 6.45) is 0. The molecule has 0 aromatic heterocycles. The molecule has 0 fully saturated rings. The van der Waals surface area contributed by atoms with Gasteiger partial charge in [0.05, 0.1) is 26.4 Å². The van der Waals surface area contributed by atoms with Gasteiger partial charge in [-0.1, -0.05) is 42.5 Å². The lowest BCUT2D eigenvalue weighted by Gasteiger charge is -2.30. The van der Waals surface area contributed by atoms with Gasteiger partial charge in [-0.15, -0.1) is 0 Å². The van der Waals surface area contributed by atoms with E-state index in [4.69, 9.17) is 9.47 Å². The van der Waals surface area contributed by atoms with Crippen molar-refractivity contribution >= 4 is 0 Å². The van der Waals surface area contributed by atoms with E-state index < -0.39 is 0 Å². The van der Waals surface area contributed by atoms with Gasteiger partial charge >= 0.3 is 0 Å². The molecule has 0 radical (unpaired) electrons. The fourth-order valence-electron chi connectivity index (χ4n) is 2.94. The summed E-state index contributed by atoms with van der Waals surface area (Å²) >= 11 is 0. The second-order valence-corrected chi connectivity index (χ2v) is 5.40. The van der Waals surface area contributed by atoms with Crippen molar-refractivity contribution in [3.05, 3.63) is 65.2 Å². The number of methoxy groups -OCH3 is 1. The third kappa shape index (κ3) is 2.94. The first-order chi connectivity index (χ1) is 10.3. The van der Waals surface area contributed by atoms with Crippen LogP contribution in [0.3, 0.4) is 0 Å². The SMILES string of the molecule is COc1ccccc1[C@@H](C)NC1COCc2ccccc21. The third-order valence-corrected chi connectivity index (χ3v) is 4.03. The number of nitrogens with one attached hydrogen (secondary N) is 1. The van der Waals surface area contributed by atoms with Crippen molar-refractivity contribution < 1.29 is 9.47 Å². The first-order valence-corrected chi connectivity index (χ1v) is 7.34. The fraction of sp³-hybridized carbons (Fsp3) is 0.333. The van der Waals surface area contributed by atoms with Gasteiger partial charge in [0.15, 0.2) is 0 Å². The molecule has 0 aliphatic carbocycles. The summed E-state index contributed by atoms with van der Waals surface area (Å²) in [6.45, 7) is 3.57. The van der Waals surface area contributed by atoms with E-state index >= 15 is 0 Å². The Morgan fingerprint density at radius 1 is 1.14 bits per heavy atom. The van der Waals surface area contributed by atoms with Crippen LogP contribution < -0.4 is 10.1 Å². The molecule has 2 aromatic rings. The van der Waals surface area contributed by atoms with Crippen LogP contribution in [-0.4, -0.2) is 13.7 Å². The molecule has 0 amide bonds. The topological polar surface area (TPSA) is 30.5 Å². The van der Waals surface area contributed by atoms with Gasteiger partial charge in [0.25, 0.3) is 0 Å². The Balaban J connectivity index is 1.81. The number of ether oxygens (including phenoxy) is 2. The second kappa shape index (κ2) is 6.29. The molecule has 110 valence electrons. The molecule has 2 atom stereocenters. The third-order valence-electron chi connectivity index (χ3n) is 4.03. The minimum absolute atomic E-state index is 0.195. The summed E-state index contributed by atoms with van der Waals surface area (Å²) in [5.41, 5.74) is 3.78. The smallest absolute Gasteiger partial charge is 0.123 e. The van der Waals surface area contributed by atoms with E-state index in [9.17, 15) is 0 Å². The Hall–Kier alpha value is -1.84. The molecule has 1 heterocycles. The van der Waals surface area contributed by atoms with E-state index in [0.717, 1.165) is 5.75 Å². The van der Waals surface area contributed by atoms with Crippen LogP contribution in [-0.2, 0) is 11.3 Å². The zero-order valence-corrected chi connectivity index (χ0v) is 12.5. The second-order valence-electron chi connectivity index (χ2n) is 5.40. The molecule has 3 nitrogen and oxygen atoms in total. The zero-order chi connectivity index (χ0) is 14.7. The molecule has 2 aromatic carbocycles. The van der Waals surface area contributed by atoms with Crippen molar-refractivity contribution in [1.29, 1.82) is 0 Å². The summed E-state index contributed by atoms with van der Waals surface area (Å²) < 4.78 is 11.2. The van der Waals surface area contributed by atoms with Crippen LogP contribution >= 0.6 is 0 Å². The highest BCUT2D eigenvalue weighted by atomic mass is 16.5. The van der Waals surface area contributed by atoms with Gasteiger partial charge in [-0.05, 0) is 24.1 Å². The lowest BCUT2D eigenvalue weighted by molar-refractivity contribution is 0.0790. The lowest BCUT2D eigenvalue weighted by Crippen LogP contribution is -2.31. The molecule has 0 bridgehead atoms. The summed E-state index contributed by atoms with van der Waals surface area (Å²) in [5, 5.41) is 3.66. The number of benzene rings is 2. The lowest BCUT2D eigenvalue weighted by atomic mass is 9.97. The van der Waals surface area contributed by atoms with Crippen LogP contribution in [0.4, 0.5) is 0 Å². The Morgan fingerprint density at radius 2 is 1.90 bits per heavy atom. The van der Waals surface area contributed by atoms with E-state index in [2.05, 4.69) is 42.6 Å². The Labute approximate surface area is 125 Å². The maximum absolute atomic E-state index is 5.71. The van der Waals surface area contributed by atoms with Crippen molar-refractivity contribution in [2.24, 2.45) is 0 Å². The molecular formula is C18H21NO2. The maximum Gasteiger partial charge on any atom is 0.123 e. The highest BCUT2D eigenvalue weighted by Crippen LogP contribution is 2.30. The number of rotatable bonds is 4. The molecule has 0 saturated heterocycles. The van der Waals surface area contributed by atoms with Gasteiger partial charge in [0.1, 0.15) is 5.75 Å². The van der Waals surface area contributed by atoms with Crippen molar-refractivity contribution in [2.75, 3.05) is 13.7 Å². The normalized spacial score (nSPS) is 18.9. The number of hydrogen-bond acceptors (Lipinski definition) is 3. The van der Waals surface area contributed by atoms with Crippen molar-refractivity contribution in [1.82, 2.24) is 5.32 Å². The van der Waals surface area contributed by atoms with Gasteiger partial charge in [-0.3, -0.25) is 0 Å². The van der Waals surface area contributed by atoms with Gasteiger partial charge in [0.2, 0.25) is 0 Å². The summed E-state index contributed by atoms with van der Waals surface area (Å²) in [7, 11) is 1.71. The molecule has 0 saturated carbocycles. The quantitative estimate of drug-likeness (QED) is 0.929. The minimum atomic E-state index is 0.195. The number of hydrogen-bond donors (Lipinski definition) is 1. The molecule has 21 heavy (non-hydrogen) atoms.